The lowest BCUT2D eigenvalue weighted by Crippen LogP contribution is -2.55. The van der Waals surface area contributed by atoms with Crippen LogP contribution in [-0.2, 0) is 21.9 Å². The largest absolute Gasteiger partial charge is 0.423 e. The first kappa shape index (κ1) is 28.4. The number of aromatic nitrogens is 3. The molecule has 0 saturated carbocycles. The summed E-state index contributed by atoms with van der Waals surface area (Å²) < 4.78 is 84.3. The summed E-state index contributed by atoms with van der Waals surface area (Å²) in [7, 11) is 0. The number of amides is 1. The molecular formula is C23H27F6N7O3. The third kappa shape index (κ3) is 6.72. The molecular weight excluding hydrogens is 536 g/mol. The van der Waals surface area contributed by atoms with E-state index in [2.05, 4.69) is 20.7 Å². The van der Waals surface area contributed by atoms with Gasteiger partial charge in [0.15, 0.2) is 5.82 Å². The van der Waals surface area contributed by atoms with Crippen LogP contribution in [0, 0.1) is 0 Å². The monoisotopic (exact) mass is 563 g/mol. The van der Waals surface area contributed by atoms with Crippen LogP contribution >= 0.6 is 0 Å². The molecule has 1 saturated heterocycles. The smallest absolute Gasteiger partial charge is 0.382 e. The van der Waals surface area contributed by atoms with Gasteiger partial charge in [-0.2, -0.15) is 31.4 Å². The number of hydrogen-bond acceptors (Lipinski definition) is 8. The average Bonchev–Trinajstić information content (AvgIpc) is 3.03. The fourth-order valence-electron chi connectivity index (χ4n) is 4.63. The van der Waals surface area contributed by atoms with Gasteiger partial charge in [0, 0.05) is 44.5 Å². The number of nitrogens with zero attached hydrogens (tertiary/aromatic N) is 4. The van der Waals surface area contributed by atoms with E-state index in [1.54, 1.807) is 16.9 Å². The zero-order valence-electron chi connectivity index (χ0n) is 20.8. The summed E-state index contributed by atoms with van der Waals surface area (Å²) in [6.07, 6.45) is -7.05. The molecule has 4 rings (SSSR count). The lowest BCUT2D eigenvalue weighted by atomic mass is 10.1. The van der Waals surface area contributed by atoms with Crippen LogP contribution in [0.1, 0.15) is 30.9 Å². The first-order valence-electron chi connectivity index (χ1n) is 12.2. The maximum absolute atomic E-state index is 13.2. The van der Waals surface area contributed by atoms with Crippen molar-refractivity contribution in [3.05, 3.63) is 39.9 Å². The maximum Gasteiger partial charge on any atom is 0.423 e. The highest BCUT2D eigenvalue weighted by Crippen LogP contribution is 2.36. The predicted molar refractivity (Wildman–Crippen MR) is 128 cm³/mol. The number of halogens is 6. The van der Waals surface area contributed by atoms with Crippen molar-refractivity contribution in [2.45, 2.75) is 44.2 Å². The quantitative estimate of drug-likeness (QED) is 0.348. The molecule has 2 aromatic heterocycles. The number of rotatable bonds is 7. The van der Waals surface area contributed by atoms with E-state index in [0.717, 1.165) is 18.5 Å². The molecule has 1 fully saturated rings. The van der Waals surface area contributed by atoms with E-state index >= 15 is 0 Å². The van der Waals surface area contributed by atoms with Gasteiger partial charge in [0.25, 0.3) is 5.56 Å². The van der Waals surface area contributed by atoms with E-state index in [9.17, 15) is 35.9 Å². The van der Waals surface area contributed by atoms with Crippen LogP contribution in [0.5, 0.6) is 0 Å². The van der Waals surface area contributed by atoms with Crippen molar-refractivity contribution in [3.8, 4) is 0 Å². The van der Waals surface area contributed by atoms with Gasteiger partial charge >= 0.3 is 12.4 Å². The number of fused-ring (bicyclic) bond motifs is 3. The van der Waals surface area contributed by atoms with Crippen molar-refractivity contribution in [3.63, 3.8) is 0 Å². The molecule has 4 heterocycles. The van der Waals surface area contributed by atoms with E-state index in [0.29, 0.717) is 44.1 Å². The Morgan fingerprint density at radius 1 is 1.21 bits per heavy atom. The standard InChI is InChI=1S/C23H27F6N7O3/c1-13(33-17-10-32-34-21(38)19(17)23(27,28)29)12-39-7-3-18(37)35-5-6-36-15(11-35)2-4-30-16-8-14(22(24,25)26)9-31-20(16)36/h8-10,13,15,30H,2-7,11-12H2,1H3,(H2,33,34,38)/t13-,15+/m1/s1. The average molecular weight is 564 g/mol. The molecule has 2 aromatic rings. The number of pyridine rings is 1. The predicted octanol–water partition coefficient (Wildman–Crippen LogP) is 2.94. The summed E-state index contributed by atoms with van der Waals surface area (Å²) >= 11 is 0. The third-order valence-electron chi connectivity index (χ3n) is 6.46. The Kier molecular flexibility index (Phi) is 8.23. The van der Waals surface area contributed by atoms with Crippen molar-refractivity contribution in [1.29, 1.82) is 0 Å². The number of aromatic amines is 1. The number of carbonyl (C=O) groups excluding carboxylic acids is 1. The topological polar surface area (TPSA) is 115 Å². The minimum atomic E-state index is -4.87. The van der Waals surface area contributed by atoms with Gasteiger partial charge in [-0.1, -0.05) is 0 Å². The summed E-state index contributed by atoms with van der Waals surface area (Å²) in [4.78, 5) is 32.0. The fraction of sp³-hybridized carbons (Fsp3) is 0.565. The summed E-state index contributed by atoms with van der Waals surface area (Å²) in [5.41, 5.74) is -3.74. The lowest BCUT2D eigenvalue weighted by molar-refractivity contribution is -0.138. The Morgan fingerprint density at radius 3 is 2.69 bits per heavy atom. The molecule has 1 amide bonds. The first-order valence-corrected chi connectivity index (χ1v) is 12.2. The molecule has 0 unspecified atom stereocenters. The third-order valence-corrected chi connectivity index (χ3v) is 6.46. The highest BCUT2D eigenvalue weighted by Gasteiger charge is 2.38. The molecule has 0 radical (unpaired) electrons. The molecule has 3 N–H and O–H groups in total. The van der Waals surface area contributed by atoms with Crippen molar-refractivity contribution in [1.82, 2.24) is 20.1 Å². The van der Waals surface area contributed by atoms with Gasteiger partial charge in [-0.15, -0.1) is 0 Å². The minimum Gasteiger partial charge on any atom is -0.382 e. The number of H-pyrrole nitrogens is 1. The molecule has 214 valence electrons. The van der Waals surface area contributed by atoms with Crippen LogP contribution in [0.25, 0.3) is 0 Å². The number of carbonyl (C=O) groups is 1. The Morgan fingerprint density at radius 2 is 1.97 bits per heavy atom. The molecule has 39 heavy (non-hydrogen) atoms. The number of anilines is 3. The number of piperazine rings is 1. The van der Waals surface area contributed by atoms with Gasteiger partial charge in [0.05, 0.1) is 42.8 Å². The van der Waals surface area contributed by atoms with E-state index < -0.39 is 40.8 Å². The lowest BCUT2D eigenvalue weighted by Gasteiger charge is -2.41. The SMILES string of the molecule is C[C@H](COCCC(=O)N1CCN2c3ncc(C(F)(F)F)cc3NCC[C@H]2C1)Nc1cn[nH]c(=O)c1C(F)(F)F. The van der Waals surface area contributed by atoms with Crippen LogP contribution in [0.3, 0.4) is 0 Å². The number of alkyl halides is 6. The van der Waals surface area contributed by atoms with Gasteiger partial charge in [-0.3, -0.25) is 9.59 Å². The van der Waals surface area contributed by atoms with Gasteiger partial charge in [0.2, 0.25) is 5.91 Å². The van der Waals surface area contributed by atoms with Gasteiger partial charge in [-0.25, -0.2) is 10.1 Å². The van der Waals surface area contributed by atoms with Gasteiger partial charge in [-0.05, 0) is 19.4 Å². The van der Waals surface area contributed by atoms with Gasteiger partial charge < -0.3 is 25.2 Å². The van der Waals surface area contributed by atoms with E-state index in [1.807, 2.05) is 4.90 Å². The Bertz CT molecular complexity index is 1240. The van der Waals surface area contributed by atoms with E-state index in [1.165, 1.54) is 0 Å². The second-order valence-electron chi connectivity index (χ2n) is 9.35. The molecule has 2 aliphatic rings. The van der Waals surface area contributed by atoms with Crippen LogP contribution < -0.4 is 21.1 Å². The first-order chi connectivity index (χ1) is 18.3. The van der Waals surface area contributed by atoms with E-state index in [-0.39, 0.29) is 31.6 Å². The van der Waals surface area contributed by atoms with Crippen molar-refractivity contribution in [2.24, 2.45) is 0 Å². The Hall–Kier alpha value is -3.56. The summed E-state index contributed by atoms with van der Waals surface area (Å²) in [5, 5.41) is 10.7. The van der Waals surface area contributed by atoms with Crippen LogP contribution in [0.4, 0.5) is 43.5 Å². The molecule has 0 aliphatic carbocycles. The number of nitrogens with one attached hydrogen (secondary N) is 3. The fourth-order valence-corrected chi connectivity index (χ4v) is 4.63. The van der Waals surface area contributed by atoms with Crippen molar-refractivity contribution < 1.29 is 35.9 Å². The Labute approximate surface area is 218 Å². The molecule has 0 bridgehead atoms. The second kappa shape index (κ2) is 11.3. The molecule has 0 aromatic carbocycles. The summed E-state index contributed by atoms with van der Waals surface area (Å²) in [5.74, 6) is 0.248. The van der Waals surface area contributed by atoms with E-state index in [4.69, 9.17) is 4.74 Å². The van der Waals surface area contributed by atoms with Crippen LogP contribution in [0.2, 0.25) is 0 Å². The van der Waals surface area contributed by atoms with Crippen molar-refractivity contribution in [2.75, 3.05) is 54.9 Å². The number of hydrogen-bond donors (Lipinski definition) is 3. The molecule has 2 aliphatic heterocycles. The molecule has 2 atom stereocenters. The van der Waals surface area contributed by atoms with Crippen LogP contribution in [0.15, 0.2) is 23.3 Å². The molecule has 16 heteroatoms. The highest BCUT2D eigenvalue weighted by atomic mass is 19.4. The van der Waals surface area contributed by atoms with Gasteiger partial charge in [0.1, 0.15) is 5.56 Å². The molecule has 10 nitrogen and oxygen atoms in total. The second-order valence-corrected chi connectivity index (χ2v) is 9.35. The zero-order valence-corrected chi connectivity index (χ0v) is 20.8. The summed E-state index contributed by atoms with van der Waals surface area (Å²) in [6, 6.07) is 0.305. The normalized spacial score (nSPS) is 18.5. The minimum absolute atomic E-state index is 0.0260. The molecule has 0 spiro atoms. The Balaban J connectivity index is 1.26. The van der Waals surface area contributed by atoms with Crippen LogP contribution in [-0.4, -0.2) is 77.5 Å². The zero-order chi connectivity index (χ0) is 28.4. The summed E-state index contributed by atoms with van der Waals surface area (Å²) in [6.45, 7) is 3.11. The van der Waals surface area contributed by atoms with Crippen molar-refractivity contribution >= 4 is 23.1 Å². The number of ether oxygens (including phenoxy) is 1. The highest BCUT2D eigenvalue weighted by molar-refractivity contribution is 5.77. The maximum atomic E-state index is 13.2.